The summed E-state index contributed by atoms with van der Waals surface area (Å²) in [4.78, 5) is 14.3. The molecular weight excluding hydrogens is 210 g/mol. The monoisotopic (exact) mass is 229 g/mol. The van der Waals surface area contributed by atoms with Crippen molar-refractivity contribution in [2.45, 2.75) is 0 Å². The lowest BCUT2D eigenvalue weighted by molar-refractivity contribution is -1.36. The molecule has 4 N–H and O–H groups in total. The predicted molar refractivity (Wildman–Crippen MR) is 47.2 cm³/mol. The van der Waals surface area contributed by atoms with Gasteiger partial charge in [-0.3, -0.25) is 0 Å². The minimum atomic E-state index is -0.665. The first-order valence-corrected chi connectivity index (χ1v) is 4.31. The third kappa shape index (κ3) is 8.66. The summed E-state index contributed by atoms with van der Waals surface area (Å²) in [5.41, 5.74) is 0. The molecule has 0 unspecified atom stereocenters. The summed E-state index contributed by atoms with van der Waals surface area (Å²) in [6, 6.07) is 0. The Hall–Kier alpha value is -0.320. The molecule has 15 heavy (non-hydrogen) atoms. The molecule has 8 nitrogen and oxygen atoms in total. The average molecular weight is 229 g/mol. The van der Waals surface area contributed by atoms with Gasteiger partial charge in [0, 0.05) is 0 Å². The first-order chi connectivity index (χ1) is 6.68. The highest BCUT2D eigenvalue weighted by atomic mass is 17.2. The van der Waals surface area contributed by atoms with Crippen LogP contribution in [-0.4, -0.2) is 72.5 Å². The van der Waals surface area contributed by atoms with Gasteiger partial charge < -0.3 is 20.8 Å². The van der Waals surface area contributed by atoms with Crippen LogP contribution in [0.3, 0.4) is 0 Å². The molecule has 0 saturated heterocycles. The Morgan fingerprint density at radius 3 is 1.27 bits per heavy atom. The van der Waals surface area contributed by atoms with Gasteiger partial charge in [0.15, 0.2) is 7.05 Å². The van der Waals surface area contributed by atoms with Crippen molar-refractivity contribution in [1.29, 1.82) is 0 Å². The van der Waals surface area contributed by atoms with E-state index in [1.54, 1.807) is 0 Å². The molecule has 0 spiro atoms. The zero-order valence-electron chi connectivity index (χ0n) is 8.70. The SMILES string of the molecule is C[N+](OCCO)(OCCO)OCCO.[OH-]. The van der Waals surface area contributed by atoms with Crippen molar-refractivity contribution in [3.05, 3.63) is 0 Å². The smallest absolute Gasteiger partial charge is 0.168 e. The van der Waals surface area contributed by atoms with Gasteiger partial charge in [-0.1, -0.05) is 0 Å². The van der Waals surface area contributed by atoms with Crippen molar-refractivity contribution in [2.75, 3.05) is 46.7 Å². The Kier molecular flexibility index (Phi) is 11.6. The Morgan fingerprint density at radius 2 is 1.07 bits per heavy atom. The van der Waals surface area contributed by atoms with E-state index >= 15 is 0 Å². The van der Waals surface area contributed by atoms with E-state index in [4.69, 9.17) is 29.8 Å². The second-order valence-electron chi connectivity index (χ2n) is 2.44. The van der Waals surface area contributed by atoms with Crippen LogP contribution in [0.4, 0.5) is 0 Å². The van der Waals surface area contributed by atoms with E-state index in [9.17, 15) is 0 Å². The van der Waals surface area contributed by atoms with Gasteiger partial charge in [0.2, 0.25) is 0 Å². The van der Waals surface area contributed by atoms with E-state index in [0.29, 0.717) is 0 Å². The van der Waals surface area contributed by atoms with Crippen LogP contribution in [0.1, 0.15) is 0 Å². The lowest BCUT2D eigenvalue weighted by Crippen LogP contribution is -2.45. The first-order valence-electron chi connectivity index (χ1n) is 4.31. The highest BCUT2D eigenvalue weighted by Gasteiger charge is 2.27. The molecule has 0 aliphatic carbocycles. The number of aliphatic hydroxyl groups is 3. The van der Waals surface area contributed by atoms with Crippen molar-refractivity contribution in [1.82, 2.24) is 0 Å². The van der Waals surface area contributed by atoms with Crippen LogP contribution in [0.2, 0.25) is 0 Å². The summed E-state index contributed by atoms with van der Waals surface area (Å²) in [5.74, 6) is 0. The molecule has 0 heterocycles. The fraction of sp³-hybridized carbons (Fsp3) is 1.00. The van der Waals surface area contributed by atoms with E-state index in [2.05, 4.69) is 0 Å². The minimum Gasteiger partial charge on any atom is -0.870 e. The Bertz CT molecular complexity index is 113. The summed E-state index contributed by atoms with van der Waals surface area (Å²) < 4.78 is 0. The third-order valence-corrected chi connectivity index (χ3v) is 1.25. The maximum absolute atomic E-state index is 8.54. The van der Waals surface area contributed by atoms with Gasteiger partial charge in [-0.25, -0.2) is 0 Å². The molecular formula is C7H19NO7. The molecule has 0 aromatic heterocycles. The first kappa shape index (κ1) is 17.1. The van der Waals surface area contributed by atoms with Crippen LogP contribution < -0.4 is 0 Å². The van der Waals surface area contributed by atoms with Crippen molar-refractivity contribution in [2.24, 2.45) is 0 Å². The van der Waals surface area contributed by atoms with Crippen molar-refractivity contribution in [3.8, 4) is 0 Å². The van der Waals surface area contributed by atoms with E-state index in [-0.39, 0.29) is 45.1 Å². The quantitative estimate of drug-likeness (QED) is 0.310. The second kappa shape index (κ2) is 10.2. The summed E-state index contributed by atoms with van der Waals surface area (Å²) in [7, 11) is 1.45. The lowest BCUT2D eigenvalue weighted by atomic mass is 10.8. The normalized spacial score (nSPS) is 11.2. The molecule has 94 valence electrons. The molecule has 0 bridgehead atoms. The largest absolute Gasteiger partial charge is 0.870 e. The molecule has 0 aliphatic rings. The second-order valence-corrected chi connectivity index (χ2v) is 2.44. The summed E-state index contributed by atoms with van der Waals surface area (Å²) >= 11 is 0. The molecule has 0 aromatic rings. The molecule has 0 aromatic carbocycles. The summed E-state index contributed by atoms with van der Waals surface area (Å²) in [6.07, 6.45) is 0. The van der Waals surface area contributed by atoms with Crippen molar-refractivity contribution >= 4 is 0 Å². The fourth-order valence-electron chi connectivity index (χ4n) is 0.732. The molecule has 8 heteroatoms. The Labute approximate surface area is 88.0 Å². The maximum atomic E-state index is 8.54. The van der Waals surface area contributed by atoms with Crippen LogP contribution in [0, 0.1) is 0 Å². The van der Waals surface area contributed by atoms with Gasteiger partial charge in [0.05, 0.1) is 24.8 Å². The van der Waals surface area contributed by atoms with E-state index in [0.717, 1.165) is 0 Å². The predicted octanol–water partition coefficient (Wildman–Crippen LogP) is -1.97. The topological polar surface area (TPSA) is 118 Å². The highest BCUT2D eigenvalue weighted by molar-refractivity contribution is 4.15. The number of quaternary nitrogens is 1. The molecule has 0 radical (unpaired) electrons. The number of rotatable bonds is 9. The zero-order chi connectivity index (χ0) is 10.9. The number of hydroxylamine groups is 3. The molecule has 0 aliphatic heterocycles. The van der Waals surface area contributed by atoms with E-state index < -0.39 is 4.97 Å². The van der Waals surface area contributed by atoms with Gasteiger partial charge in [-0.15, -0.1) is 14.5 Å². The average Bonchev–Trinajstić information content (AvgIpc) is 2.21. The van der Waals surface area contributed by atoms with Gasteiger partial charge in [0.25, 0.3) is 0 Å². The summed E-state index contributed by atoms with van der Waals surface area (Å²) in [5, 5.41) is 25.6. The van der Waals surface area contributed by atoms with Crippen LogP contribution >= 0.6 is 0 Å². The number of aliphatic hydroxyl groups excluding tert-OH is 3. The molecule has 0 amide bonds. The van der Waals surface area contributed by atoms with Crippen molar-refractivity contribution in [3.63, 3.8) is 0 Å². The third-order valence-electron chi connectivity index (χ3n) is 1.25. The Morgan fingerprint density at radius 1 is 0.800 bits per heavy atom. The standard InChI is InChI=1S/C7H18NO6.H2O/c1-8(12-5-2-9,13-6-3-10)14-7-4-11;/h9-11H,2-7H2,1H3;1H2/q+1;/p-1. The molecule has 0 rings (SSSR count). The number of nitrogens with zero attached hydrogens (tertiary/aromatic N) is 1. The van der Waals surface area contributed by atoms with Crippen LogP contribution in [0.15, 0.2) is 0 Å². The van der Waals surface area contributed by atoms with Crippen LogP contribution in [-0.2, 0) is 14.5 Å². The summed E-state index contributed by atoms with van der Waals surface area (Å²) in [6.45, 7) is -0.398. The number of hydrogen-bond donors (Lipinski definition) is 3. The highest BCUT2D eigenvalue weighted by Crippen LogP contribution is 2.06. The van der Waals surface area contributed by atoms with Gasteiger partial charge in [0.1, 0.15) is 19.8 Å². The van der Waals surface area contributed by atoms with E-state index in [1.807, 2.05) is 0 Å². The van der Waals surface area contributed by atoms with Crippen LogP contribution in [0.25, 0.3) is 0 Å². The number of hydrogen-bond acceptors (Lipinski definition) is 7. The maximum Gasteiger partial charge on any atom is 0.168 e. The lowest BCUT2D eigenvalue weighted by Gasteiger charge is -2.24. The van der Waals surface area contributed by atoms with Gasteiger partial charge in [-0.2, -0.15) is 0 Å². The molecule has 0 saturated carbocycles. The molecule has 0 atom stereocenters. The van der Waals surface area contributed by atoms with Crippen LogP contribution in [0.5, 0.6) is 0 Å². The zero-order valence-corrected chi connectivity index (χ0v) is 8.70. The molecule has 0 fully saturated rings. The van der Waals surface area contributed by atoms with Crippen molar-refractivity contribution < 1.29 is 40.3 Å². The van der Waals surface area contributed by atoms with Gasteiger partial charge >= 0.3 is 0 Å². The van der Waals surface area contributed by atoms with E-state index in [1.165, 1.54) is 7.05 Å². The van der Waals surface area contributed by atoms with Gasteiger partial charge in [-0.05, 0) is 0 Å². The fourth-order valence-corrected chi connectivity index (χ4v) is 0.732. The Balaban J connectivity index is 0. The minimum absolute atomic E-state index is 0.